The molecule has 0 radical (unpaired) electrons. The lowest BCUT2D eigenvalue weighted by molar-refractivity contribution is 0.102. The van der Waals surface area contributed by atoms with Crippen molar-refractivity contribution in [1.82, 2.24) is 19.9 Å². The van der Waals surface area contributed by atoms with Crippen LogP contribution in [0, 0.1) is 12.7 Å². The topological polar surface area (TPSA) is 80.7 Å². The first-order chi connectivity index (χ1) is 13.1. The lowest BCUT2D eigenvalue weighted by Gasteiger charge is -2.11. The molecule has 0 atom stereocenters. The Bertz CT molecular complexity index is 1140. The van der Waals surface area contributed by atoms with Crippen LogP contribution in [-0.2, 0) is 0 Å². The van der Waals surface area contributed by atoms with Crippen molar-refractivity contribution >= 4 is 22.8 Å². The number of nitrogens with one attached hydrogen (secondary N) is 1. The Balaban J connectivity index is 1.82. The molecule has 1 amide bonds. The van der Waals surface area contributed by atoms with Crippen LogP contribution in [0.5, 0.6) is 0 Å². The molecule has 0 unspecified atom stereocenters. The summed E-state index contributed by atoms with van der Waals surface area (Å²) in [6.07, 6.45) is 7.61. The minimum Gasteiger partial charge on any atom is -0.306 e. The molecular formula is C20H14FN5O. The normalized spacial score (nSPS) is 10.7. The van der Waals surface area contributed by atoms with Crippen molar-refractivity contribution in [3.8, 4) is 11.1 Å². The van der Waals surface area contributed by atoms with Crippen molar-refractivity contribution < 1.29 is 9.18 Å². The smallest absolute Gasteiger partial charge is 0.259 e. The number of aryl methyl sites for hydroxylation is 1. The van der Waals surface area contributed by atoms with E-state index in [0.717, 1.165) is 22.9 Å². The molecule has 0 fully saturated rings. The Hall–Kier alpha value is -3.74. The van der Waals surface area contributed by atoms with Crippen molar-refractivity contribution in [3.63, 3.8) is 0 Å². The molecule has 0 spiro atoms. The number of hydrogen-bond donors (Lipinski definition) is 1. The summed E-state index contributed by atoms with van der Waals surface area (Å²) in [5.41, 5.74) is 4.16. The maximum Gasteiger partial charge on any atom is 0.259 e. The third-order valence-electron chi connectivity index (χ3n) is 4.14. The molecule has 1 aromatic carbocycles. The van der Waals surface area contributed by atoms with Crippen LogP contribution in [0.25, 0.3) is 22.2 Å². The summed E-state index contributed by atoms with van der Waals surface area (Å²) in [5.74, 6) is -0.622. The summed E-state index contributed by atoms with van der Waals surface area (Å²) in [7, 11) is 0. The number of rotatable bonds is 3. The van der Waals surface area contributed by atoms with Crippen LogP contribution in [0.2, 0.25) is 0 Å². The zero-order valence-corrected chi connectivity index (χ0v) is 14.3. The maximum absolute atomic E-state index is 13.0. The van der Waals surface area contributed by atoms with E-state index < -0.39 is 11.7 Å². The Morgan fingerprint density at radius 2 is 1.85 bits per heavy atom. The van der Waals surface area contributed by atoms with Gasteiger partial charge in [-0.2, -0.15) is 0 Å². The Labute approximate surface area is 154 Å². The molecule has 1 N–H and O–H groups in total. The Kier molecular flexibility index (Phi) is 4.25. The van der Waals surface area contributed by atoms with Gasteiger partial charge in [0.05, 0.1) is 17.3 Å². The van der Waals surface area contributed by atoms with Gasteiger partial charge in [-0.1, -0.05) is 0 Å². The molecular weight excluding hydrogens is 345 g/mol. The van der Waals surface area contributed by atoms with Crippen molar-refractivity contribution in [2.45, 2.75) is 6.92 Å². The number of carbonyl (C=O) groups is 1. The van der Waals surface area contributed by atoms with Crippen LogP contribution in [-0.4, -0.2) is 25.8 Å². The van der Waals surface area contributed by atoms with E-state index in [9.17, 15) is 9.18 Å². The number of amides is 1. The average molecular weight is 359 g/mol. The van der Waals surface area contributed by atoms with E-state index >= 15 is 0 Å². The van der Waals surface area contributed by atoms with Gasteiger partial charge in [-0.3, -0.25) is 19.7 Å². The predicted octanol–water partition coefficient (Wildman–Crippen LogP) is 3.79. The molecule has 0 saturated carbocycles. The summed E-state index contributed by atoms with van der Waals surface area (Å²) >= 11 is 0. The van der Waals surface area contributed by atoms with E-state index in [0.29, 0.717) is 16.6 Å². The number of anilines is 1. The molecule has 0 aliphatic heterocycles. The molecule has 0 saturated heterocycles. The second-order valence-electron chi connectivity index (χ2n) is 5.95. The van der Waals surface area contributed by atoms with E-state index in [1.807, 2.05) is 19.1 Å². The van der Waals surface area contributed by atoms with E-state index in [1.54, 1.807) is 24.7 Å². The van der Waals surface area contributed by atoms with Gasteiger partial charge < -0.3 is 5.32 Å². The lowest BCUT2D eigenvalue weighted by Crippen LogP contribution is -2.14. The quantitative estimate of drug-likeness (QED) is 0.602. The first-order valence-corrected chi connectivity index (χ1v) is 8.20. The number of pyridine rings is 2. The number of hydrogen-bond acceptors (Lipinski definition) is 5. The van der Waals surface area contributed by atoms with E-state index in [-0.39, 0.29) is 5.82 Å². The third-order valence-corrected chi connectivity index (χ3v) is 4.14. The van der Waals surface area contributed by atoms with E-state index in [1.165, 1.54) is 18.3 Å². The molecule has 0 aliphatic rings. The molecule has 132 valence electrons. The number of nitrogens with zero attached hydrogens (tertiary/aromatic N) is 4. The van der Waals surface area contributed by atoms with Crippen LogP contribution in [0.1, 0.15) is 15.9 Å². The van der Waals surface area contributed by atoms with Gasteiger partial charge >= 0.3 is 0 Å². The van der Waals surface area contributed by atoms with Crippen LogP contribution in [0.4, 0.5) is 10.2 Å². The molecule has 3 aromatic heterocycles. The standard InChI is InChI=1S/C20H14FN5O/c1-12-4-5-22-11-16(12)13-8-15(19-17(9-13)23-6-7-24-19)20(27)26-18-3-2-14(21)10-25-18/h2-11H,1H3,(H,25,26,27). The molecule has 0 bridgehead atoms. The van der Waals surface area contributed by atoms with Crippen molar-refractivity contribution in [3.05, 3.63) is 78.3 Å². The SMILES string of the molecule is Cc1ccncc1-c1cc(C(=O)Nc2ccc(F)cn2)c2nccnc2c1. The van der Waals surface area contributed by atoms with Crippen molar-refractivity contribution in [2.24, 2.45) is 0 Å². The second-order valence-corrected chi connectivity index (χ2v) is 5.95. The largest absolute Gasteiger partial charge is 0.306 e. The summed E-state index contributed by atoms with van der Waals surface area (Å²) in [6.45, 7) is 1.97. The predicted molar refractivity (Wildman–Crippen MR) is 99.7 cm³/mol. The number of aromatic nitrogens is 4. The third kappa shape index (κ3) is 3.35. The minimum absolute atomic E-state index is 0.251. The van der Waals surface area contributed by atoms with Crippen molar-refractivity contribution in [2.75, 3.05) is 5.32 Å². The summed E-state index contributed by atoms with van der Waals surface area (Å²) < 4.78 is 13.0. The van der Waals surface area contributed by atoms with Gasteiger partial charge in [0, 0.05) is 30.4 Å². The van der Waals surface area contributed by atoms with Crippen LogP contribution in [0.15, 0.2) is 61.3 Å². The molecule has 7 heteroatoms. The zero-order chi connectivity index (χ0) is 18.8. The lowest BCUT2D eigenvalue weighted by atomic mass is 9.99. The van der Waals surface area contributed by atoms with Gasteiger partial charge in [-0.25, -0.2) is 9.37 Å². The number of benzene rings is 1. The highest BCUT2D eigenvalue weighted by Gasteiger charge is 2.16. The number of carbonyl (C=O) groups excluding carboxylic acids is 1. The summed E-state index contributed by atoms with van der Waals surface area (Å²) in [5, 5.41) is 2.67. The fraction of sp³-hybridized carbons (Fsp3) is 0.0500. The summed E-state index contributed by atoms with van der Waals surface area (Å²) in [4.78, 5) is 29.5. The van der Waals surface area contributed by atoms with Crippen LogP contribution >= 0.6 is 0 Å². The Morgan fingerprint density at radius 1 is 1.00 bits per heavy atom. The second kappa shape index (κ2) is 6.87. The summed E-state index contributed by atoms with van der Waals surface area (Å²) in [6, 6.07) is 8.16. The van der Waals surface area contributed by atoms with Crippen molar-refractivity contribution in [1.29, 1.82) is 0 Å². The number of halogens is 1. The maximum atomic E-state index is 13.0. The monoisotopic (exact) mass is 359 g/mol. The molecule has 4 rings (SSSR count). The molecule has 27 heavy (non-hydrogen) atoms. The fourth-order valence-electron chi connectivity index (χ4n) is 2.80. The average Bonchev–Trinajstić information content (AvgIpc) is 2.69. The van der Waals surface area contributed by atoms with Crippen LogP contribution < -0.4 is 5.32 Å². The minimum atomic E-state index is -0.474. The highest BCUT2D eigenvalue weighted by molar-refractivity contribution is 6.12. The highest BCUT2D eigenvalue weighted by Crippen LogP contribution is 2.28. The first kappa shape index (κ1) is 16.7. The molecule has 4 aromatic rings. The highest BCUT2D eigenvalue weighted by atomic mass is 19.1. The Morgan fingerprint density at radius 3 is 2.63 bits per heavy atom. The fourth-order valence-corrected chi connectivity index (χ4v) is 2.80. The molecule has 3 heterocycles. The van der Waals surface area contributed by atoms with Gasteiger partial charge in [0.25, 0.3) is 5.91 Å². The number of fused-ring (bicyclic) bond motifs is 1. The van der Waals surface area contributed by atoms with Gasteiger partial charge in [-0.05, 0) is 48.4 Å². The van der Waals surface area contributed by atoms with Crippen LogP contribution in [0.3, 0.4) is 0 Å². The van der Waals surface area contributed by atoms with Gasteiger partial charge in [0.2, 0.25) is 0 Å². The zero-order valence-electron chi connectivity index (χ0n) is 14.3. The van der Waals surface area contributed by atoms with E-state index in [4.69, 9.17) is 0 Å². The van der Waals surface area contributed by atoms with E-state index in [2.05, 4.69) is 25.3 Å². The first-order valence-electron chi connectivity index (χ1n) is 8.20. The molecule has 0 aliphatic carbocycles. The molecule has 6 nitrogen and oxygen atoms in total. The van der Waals surface area contributed by atoms with Gasteiger partial charge in [0.1, 0.15) is 17.2 Å². The van der Waals surface area contributed by atoms with Gasteiger partial charge in [-0.15, -0.1) is 0 Å². The van der Waals surface area contributed by atoms with Gasteiger partial charge in [0.15, 0.2) is 0 Å².